The van der Waals surface area contributed by atoms with Crippen LogP contribution in [-0.4, -0.2) is 32.2 Å². The van der Waals surface area contributed by atoms with E-state index in [4.69, 9.17) is 12.2 Å². The van der Waals surface area contributed by atoms with Crippen LogP contribution in [0.15, 0.2) is 0 Å². The maximum Gasteiger partial charge on any atom is 0.213 e. The van der Waals surface area contributed by atoms with Gasteiger partial charge in [0.05, 0.1) is 10.7 Å². The van der Waals surface area contributed by atoms with Crippen molar-refractivity contribution in [1.82, 2.24) is 10.0 Å². The van der Waals surface area contributed by atoms with Crippen molar-refractivity contribution in [3.63, 3.8) is 0 Å². The molecule has 1 aliphatic heterocycles. The van der Waals surface area contributed by atoms with Crippen LogP contribution in [0.2, 0.25) is 0 Å². The second-order valence-electron chi connectivity index (χ2n) is 3.02. The van der Waals surface area contributed by atoms with E-state index in [9.17, 15) is 8.42 Å². The molecule has 13 heavy (non-hydrogen) atoms. The Morgan fingerprint density at radius 1 is 1.23 bits per heavy atom. The summed E-state index contributed by atoms with van der Waals surface area (Å²) >= 11 is 5.01. The van der Waals surface area contributed by atoms with Gasteiger partial charge in [-0.05, 0) is 19.3 Å². The third-order valence-corrected chi connectivity index (χ3v) is 3.58. The summed E-state index contributed by atoms with van der Waals surface area (Å²) in [5.41, 5.74) is 0. The number of hydrogen-bond donors (Lipinski definition) is 2. The number of hydrogen-bond acceptors (Lipinski definition) is 3. The third-order valence-electron chi connectivity index (χ3n) is 1.85. The summed E-state index contributed by atoms with van der Waals surface area (Å²) < 4.78 is 24.9. The molecule has 2 N–H and O–H groups in total. The number of sulfonamides is 1. The van der Waals surface area contributed by atoms with Crippen LogP contribution in [0.5, 0.6) is 0 Å². The summed E-state index contributed by atoms with van der Waals surface area (Å²) in [4.78, 5) is 0.775. The first-order chi connectivity index (χ1) is 6.10. The molecule has 76 valence electrons. The van der Waals surface area contributed by atoms with Gasteiger partial charge in [-0.25, -0.2) is 13.1 Å². The van der Waals surface area contributed by atoms with Crippen molar-refractivity contribution in [1.29, 1.82) is 0 Å². The smallest absolute Gasteiger partial charge is 0.213 e. The van der Waals surface area contributed by atoms with Crippen molar-refractivity contribution >= 4 is 27.2 Å². The number of thiocarbonyl (C=S) groups is 1. The van der Waals surface area contributed by atoms with E-state index in [2.05, 4.69) is 10.0 Å². The molecular formula is C7H14N2O2S2. The Morgan fingerprint density at radius 2 is 2.00 bits per heavy atom. The first-order valence-electron chi connectivity index (χ1n) is 4.34. The number of nitrogens with one attached hydrogen (secondary N) is 2. The molecule has 1 fully saturated rings. The fourth-order valence-electron chi connectivity index (χ4n) is 1.12. The Hall–Kier alpha value is -0.200. The van der Waals surface area contributed by atoms with Crippen LogP contribution in [0.25, 0.3) is 0 Å². The van der Waals surface area contributed by atoms with Crippen molar-refractivity contribution in [2.24, 2.45) is 0 Å². The molecule has 6 heteroatoms. The zero-order valence-electron chi connectivity index (χ0n) is 7.38. The minimum absolute atomic E-state index is 0.104. The molecule has 0 unspecified atom stereocenters. The first-order valence-corrected chi connectivity index (χ1v) is 6.40. The lowest BCUT2D eigenvalue weighted by Gasteiger charge is -2.12. The van der Waals surface area contributed by atoms with E-state index < -0.39 is 10.0 Å². The lowest BCUT2D eigenvalue weighted by molar-refractivity contribution is 0.574. The first kappa shape index (κ1) is 10.9. The molecular weight excluding hydrogens is 208 g/mol. The Morgan fingerprint density at radius 3 is 2.77 bits per heavy atom. The molecule has 0 bridgehead atoms. The van der Waals surface area contributed by atoms with Crippen LogP contribution in [-0.2, 0) is 10.0 Å². The largest absolute Gasteiger partial charge is 0.379 e. The van der Waals surface area contributed by atoms with Crippen LogP contribution >= 0.6 is 12.2 Å². The zero-order chi connectivity index (χ0) is 9.73. The fraction of sp³-hybridized carbons (Fsp3) is 0.857. The Balaban J connectivity index is 2.49. The molecule has 0 saturated carbocycles. The average Bonchev–Trinajstić information content (AvgIpc) is 2.02. The summed E-state index contributed by atoms with van der Waals surface area (Å²) in [5.74, 6) is 0.104. The van der Waals surface area contributed by atoms with Gasteiger partial charge in [-0.2, -0.15) is 0 Å². The molecule has 0 atom stereocenters. The molecule has 0 spiro atoms. The predicted molar refractivity (Wildman–Crippen MR) is 56.2 cm³/mol. The maximum atomic E-state index is 11.2. The second-order valence-corrected chi connectivity index (χ2v) is 5.44. The highest BCUT2D eigenvalue weighted by molar-refractivity contribution is 7.89. The lowest BCUT2D eigenvalue weighted by Crippen LogP contribution is -2.35. The van der Waals surface area contributed by atoms with Crippen LogP contribution in [0.1, 0.15) is 19.3 Å². The van der Waals surface area contributed by atoms with Crippen molar-refractivity contribution in [2.75, 3.05) is 18.8 Å². The van der Waals surface area contributed by atoms with E-state index in [1.807, 2.05) is 0 Å². The predicted octanol–water partition coefficient (Wildman–Crippen LogP) is 0.00670. The fourth-order valence-corrected chi connectivity index (χ4v) is 2.34. The highest BCUT2D eigenvalue weighted by Gasteiger charge is 2.10. The Bertz CT molecular complexity index is 274. The maximum absolute atomic E-state index is 11.2. The number of rotatable bonds is 0. The van der Waals surface area contributed by atoms with E-state index in [1.54, 1.807) is 0 Å². The van der Waals surface area contributed by atoms with Gasteiger partial charge in [0, 0.05) is 13.1 Å². The molecule has 1 heterocycles. The molecule has 0 aliphatic carbocycles. The van der Waals surface area contributed by atoms with E-state index in [1.165, 1.54) is 0 Å². The minimum atomic E-state index is -3.08. The van der Waals surface area contributed by atoms with Gasteiger partial charge in [0.15, 0.2) is 0 Å². The van der Waals surface area contributed by atoms with Gasteiger partial charge in [0.2, 0.25) is 10.0 Å². The molecule has 0 radical (unpaired) electrons. The molecule has 0 aromatic rings. The van der Waals surface area contributed by atoms with E-state index in [0.717, 1.165) is 24.3 Å². The third kappa shape index (κ3) is 4.54. The van der Waals surface area contributed by atoms with Gasteiger partial charge >= 0.3 is 0 Å². The normalized spacial score (nSPS) is 24.8. The van der Waals surface area contributed by atoms with Gasteiger partial charge in [-0.3, -0.25) is 0 Å². The average molecular weight is 222 g/mol. The van der Waals surface area contributed by atoms with E-state index >= 15 is 0 Å². The van der Waals surface area contributed by atoms with Gasteiger partial charge in [0.25, 0.3) is 0 Å². The van der Waals surface area contributed by atoms with Gasteiger partial charge in [-0.1, -0.05) is 12.2 Å². The van der Waals surface area contributed by atoms with Crippen molar-refractivity contribution in [3.05, 3.63) is 0 Å². The van der Waals surface area contributed by atoms with Crippen molar-refractivity contribution in [3.8, 4) is 0 Å². The van der Waals surface area contributed by atoms with Crippen molar-refractivity contribution < 1.29 is 8.42 Å². The Kier molecular flexibility index (Phi) is 4.08. The quantitative estimate of drug-likeness (QED) is 0.567. The van der Waals surface area contributed by atoms with Gasteiger partial charge in [0.1, 0.15) is 0 Å². The topological polar surface area (TPSA) is 58.2 Å². The van der Waals surface area contributed by atoms with E-state index in [0.29, 0.717) is 13.1 Å². The molecule has 0 amide bonds. The van der Waals surface area contributed by atoms with Crippen LogP contribution in [0.3, 0.4) is 0 Å². The minimum Gasteiger partial charge on any atom is -0.379 e. The lowest BCUT2D eigenvalue weighted by atomic mass is 10.2. The monoisotopic (exact) mass is 222 g/mol. The molecule has 1 aliphatic rings. The standard InChI is InChI=1S/C7H14N2O2S2/c10-13(11)6-5-8-7(12)3-1-2-4-9-13/h9H,1-6H2,(H,8,12). The summed E-state index contributed by atoms with van der Waals surface area (Å²) in [6.07, 6.45) is 2.65. The highest BCUT2D eigenvalue weighted by atomic mass is 32.2. The zero-order valence-corrected chi connectivity index (χ0v) is 9.01. The van der Waals surface area contributed by atoms with Crippen LogP contribution < -0.4 is 10.0 Å². The second kappa shape index (κ2) is 4.88. The van der Waals surface area contributed by atoms with Crippen LogP contribution in [0.4, 0.5) is 0 Å². The van der Waals surface area contributed by atoms with Gasteiger partial charge < -0.3 is 5.32 Å². The van der Waals surface area contributed by atoms with Crippen LogP contribution in [0, 0.1) is 0 Å². The molecule has 1 rings (SSSR count). The summed E-state index contributed by atoms with van der Waals surface area (Å²) in [7, 11) is -3.08. The summed E-state index contributed by atoms with van der Waals surface area (Å²) in [6.45, 7) is 0.944. The SMILES string of the molecule is O=S1(=O)CCNC(=S)CCCCN1. The summed E-state index contributed by atoms with van der Waals surface area (Å²) in [6, 6.07) is 0. The van der Waals surface area contributed by atoms with Crippen molar-refractivity contribution in [2.45, 2.75) is 19.3 Å². The van der Waals surface area contributed by atoms with E-state index in [-0.39, 0.29) is 5.75 Å². The molecule has 1 saturated heterocycles. The molecule has 4 nitrogen and oxygen atoms in total. The molecule has 0 aromatic carbocycles. The van der Waals surface area contributed by atoms with Gasteiger partial charge in [-0.15, -0.1) is 0 Å². The Labute approximate surface area is 84.1 Å². The highest BCUT2D eigenvalue weighted by Crippen LogP contribution is 1.98. The summed E-state index contributed by atoms with van der Waals surface area (Å²) in [5, 5.41) is 2.92. The molecule has 0 aromatic heterocycles.